The highest BCUT2D eigenvalue weighted by Crippen LogP contribution is 2.37. The van der Waals surface area contributed by atoms with E-state index in [2.05, 4.69) is 40.5 Å². The van der Waals surface area contributed by atoms with Gasteiger partial charge in [-0.05, 0) is 50.1 Å². The molecule has 4 aromatic rings. The highest BCUT2D eigenvalue weighted by atomic mass is 32.1. The van der Waals surface area contributed by atoms with E-state index in [1.165, 1.54) is 0 Å². The van der Waals surface area contributed by atoms with Crippen LogP contribution in [0.3, 0.4) is 0 Å². The molecule has 8 nitrogen and oxygen atoms in total. The Labute approximate surface area is 183 Å². The van der Waals surface area contributed by atoms with Crippen LogP contribution in [0.15, 0.2) is 42.7 Å². The second-order valence-corrected chi connectivity index (χ2v) is 8.78. The number of anilines is 1. The molecule has 1 aliphatic rings. The number of hydrogen-bond acceptors (Lipinski definition) is 8. The molecule has 3 N–H and O–H groups in total. The minimum absolute atomic E-state index is 0.121. The summed E-state index contributed by atoms with van der Waals surface area (Å²) in [5.74, 6) is 0. The van der Waals surface area contributed by atoms with Crippen LogP contribution >= 0.6 is 11.3 Å². The van der Waals surface area contributed by atoms with E-state index in [-0.39, 0.29) is 12.1 Å². The molecule has 5 rings (SSSR count). The third-order valence-electron chi connectivity index (χ3n) is 5.04. The van der Waals surface area contributed by atoms with Gasteiger partial charge in [-0.15, -0.1) is 10.2 Å². The summed E-state index contributed by atoms with van der Waals surface area (Å²) in [7, 11) is 0. The van der Waals surface area contributed by atoms with Crippen molar-refractivity contribution in [3.8, 4) is 28.0 Å². The number of rotatable bonds is 5. The van der Waals surface area contributed by atoms with E-state index < -0.39 is 0 Å². The van der Waals surface area contributed by atoms with Gasteiger partial charge >= 0.3 is 0 Å². The zero-order valence-corrected chi connectivity index (χ0v) is 17.9. The van der Waals surface area contributed by atoms with Crippen LogP contribution < -0.4 is 11.1 Å². The molecule has 0 amide bonds. The second kappa shape index (κ2) is 7.58. The fraction of sp³-hybridized carbons (Fsp3) is 0.227. The Morgan fingerprint density at radius 3 is 2.77 bits per heavy atom. The molecule has 0 bridgehead atoms. The van der Waals surface area contributed by atoms with Crippen molar-refractivity contribution in [2.45, 2.75) is 32.4 Å². The molecule has 154 valence electrons. The standard InChI is InChI=1S/C22H20N8S/c1-12(2)27-18-8-19(20-4-3-16-5-13(9-23)10-26-30(16)20)25-11-17(18)22-29-28-21(31-22)14-6-15(24)7-14/h3-6,8,10-12,15H,7,24H2,1-2H3,(H,25,27)/t15-/m1/s1. The van der Waals surface area contributed by atoms with Crippen molar-refractivity contribution in [3.05, 3.63) is 53.3 Å². The predicted octanol–water partition coefficient (Wildman–Crippen LogP) is 3.72. The van der Waals surface area contributed by atoms with Gasteiger partial charge in [-0.3, -0.25) is 4.98 Å². The molecular weight excluding hydrogens is 408 g/mol. The van der Waals surface area contributed by atoms with E-state index in [0.29, 0.717) is 5.56 Å². The molecule has 4 heterocycles. The quantitative estimate of drug-likeness (QED) is 0.497. The van der Waals surface area contributed by atoms with Crippen LogP contribution in [0, 0.1) is 11.3 Å². The van der Waals surface area contributed by atoms with Crippen LogP contribution in [-0.2, 0) is 0 Å². The monoisotopic (exact) mass is 428 g/mol. The zero-order chi connectivity index (χ0) is 21.5. The van der Waals surface area contributed by atoms with Crippen LogP contribution in [0.25, 0.3) is 33.0 Å². The SMILES string of the molecule is CC(C)Nc1cc(-c2ccc3cc(C#N)cnn23)ncc1-c1nnc(C2=C[C@@H](N)C2)s1. The van der Waals surface area contributed by atoms with Crippen LogP contribution in [0.2, 0.25) is 0 Å². The summed E-state index contributed by atoms with van der Waals surface area (Å²) < 4.78 is 1.79. The average molecular weight is 429 g/mol. The number of pyridine rings is 1. The van der Waals surface area contributed by atoms with E-state index >= 15 is 0 Å². The maximum atomic E-state index is 9.11. The van der Waals surface area contributed by atoms with Crippen molar-refractivity contribution in [1.82, 2.24) is 24.8 Å². The molecule has 0 aromatic carbocycles. The highest BCUT2D eigenvalue weighted by Gasteiger charge is 2.22. The molecule has 0 spiro atoms. The maximum Gasteiger partial charge on any atom is 0.151 e. The molecule has 0 unspecified atom stereocenters. The summed E-state index contributed by atoms with van der Waals surface area (Å²) in [4.78, 5) is 4.70. The van der Waals surface area contributed by atoms with Gasteiger partial charge in [-0.25, -0.2) is 4.52 Å². The number of nitrogens with two attached hydrogens (primary N) is 1. The van der Waals surface area contributed by atoms with Crippen LogP contribution in [-0.4, -0.2) is 36.9 Å². The van der Waals surface area contributed by atoms with Gasteiger partial charge in [-0.2, -0.15) is 10.4 Å². The smallest absolute Gasteiger partial charge is 0.151 e. The number of fused-ring (bicyclic) bond motifs is 1. The molecule has 1 atom stereocenters. The number of aromatic nitrogens is 5. The van der Waals surface area contributed by atoms with Gasteiger partial charge in [0.2, 0.25) is 0 Å². The zero-order valence-electron chi connectivity index (χ0n) is 17.1. The molecule has 0 fully saturated rings. The maximum absolute atomic E-state index is 9.11. The van der Waals surface area contributed by atoms with Crippen molar-refractivity contribution in [2.24, 2.45) is 5.73 Å². The van der Waals surface area contributed by atoms with Gasteiger partial charge in [-0.1, -0.05) is 17.4 Å². The Hall–Kier alpha value is -3.61. The topological polar surface area (TPSA) is 118 Å². The highest BCUT2D eigenvalue weighted by molar-refractivity contribution is 7.15. The Balaban J connectivity index is 1.56. The third kappa shape index (κ3) is 3.56. The first-order chi connectivity index (χ1) is 15.0. The molecule has 9 heteroatoms. The van der Waals surface area contributed by atoms with E-state index in [9.17, 15) is 0 Å². The number of nitrogens with one attached hydrogen (secondary N) is 1. The summed E-state index contributed by atoms with van der Waals surface area (Å²) in [5.41, 5.74) is 11.9. The van der Waals surface area contributed by atoms with Crippen molar-refractivity contribution >= 4 is 28.1 Å². The minimum atomic E-state index is 0.121. The average Bonchev–Trinajstić information content (AvgIpc) is 3.37. The lowest BCUT2D eigenvalue weighted by Crippen LogP contribution is -2.24. The molecular formula is C22H20N8S. The third-order valence-corrected chi connectivity index (χ3v) is 6.07. The van der Waals surface area contributed by atoms with Gasteiger partial charge in [0.25, 0.3) is 0 Å². The summed E-state index contributed by atoms with van der Waals surface area (Å²) in [6.45, 7) is 4.18. The molecule has 0 saturated carbocycles. The first-order valence-corrected chi connectivity index (χ1v) is 10.8. The lowest BCUT2D eigenvalue weighted by atomic mass is 9.95. The van der Waals surface area contributed by atoms with Gasteiger partial charge in [0.05, 0.1) is 34.2 Å². The predicted molar refractivity (Wildman–Crippen MR) is 121 cm³/mol. The summed E-state index contributed by atoms with van der Waals surface area (Å²) in [6, 6.07) is 10.2. The number of nitriles is 1. The lowest BCUT2D eigenvalue weighted by molar-refractivity contribution is 0.787. The number of nitrogens with zero attached hydrogens (tertiary/aromatic N) is 6. The van der Waals surface area contributed by atoms with Gasteiger partial charge < -0.3 is 11.1 Å². The van der Waals surface area contributed by atoms with Gasteiger partial charge in [0, 0.05) is 24.0 Å². The Bertz CT molecular complexity index is 1360. The first-order valence-electron chi connectivity index (χ1n) is 9.97. The lowest BCUT2D eigenvalue weighted by Gasteiger charge is -2.18. The second-order valence-electron chi connectivity index (χ2n) is 7.80. The molecule has 1 aliphatic carbocycles. The van der Waals surface area contributed by atoms with Crippen molar-refractivity contribution in [3.63, 3.8) is 0 Å². The van der Waals surface area contributed by atoms with Crippen molar-refractivity contribution in [1.29, 1.82) is 5.26 Å². The molecule has 31 heavy (non-hydrogen) atoms. The summed E-state index contributed by atoms with van der Waals surface area (Å²) in [5, 5.41) is 27.5. The van der Waals surface area contributed by atoms with Gasteiger partial charge in [0.1, 0.15) is 11.1 Å². The fourth-order valence-corrected chi connectivity index (χ4v) is 4.45. The normalized spacial score (nSPS) is 15.6. The Kier molecular flexibility index (Phi) is 4.73. The largest absolute Gasteiger partial charge is 0.382 e. The van der Waals surface area contributed by atoms with E-state index in [1.54, 1.807) is 22.0 Å². The van der Waals surface area contributed by atoms with Crippen LogP contribution in [0.5, 0.6) is 0 Å². The Morgan fingerprint density at radius 2 is 2.03 bits per heavy atom. The molecule has 0 saturated heterocycles. The van der Waals surface area contributed by atoms with Crippen LogP contribution in [0.4, 0.5) is 5.69 Å². The van der Waals surface area contributed by atoms with Crippen molar-refractivity contribution in [2.75, 3.05) is 5.32 Å². The Morgan fingerprint density at radius 1 is 1.23 bits per heavy atom. The molecule has 4 aromatic heterocycles. The van der Waals surface area contributed by atoms with Crippen molar-refractivity contribution < 1.29 is 0 Å². The molecule has 0 radical (unpaired) electrons. The van der Waals surface area contributed by atoms with Gasteiger partial charge in [0.15, 0.2) is 5.01 Å². The van der Waals surface area contributed by atoms with E-state index in [1.807, 2.05) is 36.5 Å². The summed E-state index contributed by atoms with van der Waals surface area (Å²) in [6.07, 6.45) is 6.25. The van der Waals surface area contributed by atoms with E-state index in [0.717, 1.165) is 50.2 Å². The first kappa shape index (κ1) is 19.4. The minimum Gasteiger partial charge on any atom is -0.382 e. The van der Waals surface area contributed by atoms with Crippen LogP contribution in [0.1, 0.15) is 30.8 Å². The fourth-order valence-electron chi connectivity index (χ4n) is 3.55. The van der Waals surface area contributed by atoms with E-state index in [4.69, 9.17) is 16.0 Å². The number of hydrogen-bond donors (Lipinski definition) is 2. The summed E-state index contributed by atoms with van der Waals surface area (Å²) >= 11 is 1.55. The molecule has 0 aliphatic heterocycles.